The molecule has 18 heavy (non-hydrogen) atoms. The van der Waals surface area contributed by atoms with E-state index in [1.807, 2.05) is 0 Å². The first-order chi connectivity index (χ1) is 8.50. The SMILES string of the molecule is CC(C)CCOC(C)C(=O)NCC1CCCC1O. The maximum atomic E-state index is 11.8. The third kappa shape index (κ3) is 5.36. The fourth-order valence-corrected chi connectivity index (χ4v) is 2.19. The molecule has 0 aromatic carbocycles. The van der Waals surface area contributed by atoms with Crippen LogP contribution in [0.4, 0.5) is 0 Å². The molecular weight excluding hydrogens is 230 g/mol. The minimum atomic E-state index is -0.401. The summed E-state index contributed by atoms with van der Waals surface area (Å²) < 4.78 is 5.48. The largest absolute Gasteiger partial charge is 0.393 e. The monoisotopic (exact) mass is 257 g/mol. The van der Waals surface area contributed by atoms with E-state index in [1.54, 1.807) is 6.92 Å². The molecule has 1 fully saturated rings. The zero-order valence-corrected chi connectivity index (χ0v) is 11.8. The topological polar surface area (TPSA) is 58.6 Å². The van der Waals surface area contributed by atoms with E-state index < -0.39 is 6.10 Å². The lowest BCUT2D eigenvalue weighted by atomic mass is 10.1. The Morgan fingerprint density at radius 3 is 2.67 bits per heavy atom. The molecule has 0 spiro atoms. The average Bonchev–Trinajstić information content (AvgIpc) is 2.71. The van der Waals surface area contributed by atoms with Crippen molar-refractivity contribution >= 4 is 5.91 Å². The Kier molecular flexibility index (Phi) is 6.65. The number of nitrogens with one attached hydrogen (secondary N) is 1. The van der Waals surface area contributed by atoms with Crippen molar-refractivity contribution in [2.24, 2.45) is 11.8 Å². The first-order valence-electron chi connectivity index (χ1n) is 7.08. The highest BCUT2D eigenvalue weighted by Gasteiger charge is 2.26. The Morgan fingerprint density at radius 1 is 1.39 bits per heavy atom. The number of carbonyl (C=O) groups is 1. The molecule has 3 unspecified atom stereocenters. The van der Waals surface area contributed by atoms with Gasteiger partial charge in [0, 0.05) is 19.1 Å². The van der Waals surface area contributed by atoms with Crippen molar-refractivity contribution in [2.75, 3.05) is 13.2 Å². The molecule has 0 heterocycles. The van der Waals surface area contributed by atoms with Crippen LogP contribution in [-0.4, -0.2) is 36.4 Å². The molecule has 106 valence electrons. The summed E-state index contributed by atoms with van der Waals surface area (Å²) in [6, 6.07) is 0. The molecule has 1 amide bonds. The Hall–Kier alpha value is -0.610. The molecule has 1 rings (SSSR count). The summed E-state index contributed by atoms with van der Waals surface area (Å²) in [4.78, 5) is 11.8. The number of ether oxygens (including phenoxy) is 1. The summed E-state index contributed by atoms with van der Waals surface area (Å²) in [5.41, 5.74) is 0. The third-order valence-corrected chi connectivity index (χ3v) is 3.59. The van der Waals surface area contributed by atoms with Crippen LogP contribution in [0.25, 0.3) is 0 Å². The molecule has 0 saturated heterocycles. The van der Waals surface area contributed by atoms with Gasteiger partial charge in [0.05, 0.1) is 6.10 Å². The van der Waals surface area contributed by atoms with Gasteiger partial charge in [0.1, 0.15) is 6.10 Å². The highest BCUT2D eigenvalue weighted by atomic mass is 16.5. The van der Waals surface area contributed by atoms with Crippen molar-refractivity contribution in [2.45, 2.75) is 58.7 Å². The van der Waals surface area contributed by atoms with Crippen LogP contribution < -0.4 is 5.32 Å². The summed E-state index contributed by atoms with van der Waals surface area (Å²) in [5, 5.41) is 12.5. The molecule has 3 atom stereocenters. The fraction of sp³-hybridized carbons (Fsp3) is 0.929. The maximum Gasteiger partial charge on any atom is 0.248 e. The minimum absolute atomic E-state index is 0.0714. The van der Waals surface area contributed by atoms with Crippen LogP contribution >= 0.6 is 0 Å². The summed E-state index contributed by atoms with van der Waals surface area (Å²) in [6.07, 6.45) is 3.25. The van der Waals surface area contributed by atoms with Crippen LogP contribution in [0.2, 0.25) is 0 Å². The normalized spacial score (nSPS) is 25.4. The first-order valence-corrected chi connectivity index (χ1v) is 7.08. The van der Waals surface area contributed by atoms with Gasteiger partial charge in [0.25, 0.3) is 0 Å². The molecule has 1 aliphatic rings. The summed E-state index contributed by atoms with van der Waals surface area (Å²) in [6.45, 7) is 7.24. The fourth-order valence-electron chi connectivity index (χ4n) is 2.19. The van der Waals surface area contributed by atoms with E-state index >= 15 is 0 Å². The van der Waals surface area contributed by atoms with Crippen molar-refractivity contribution < 1.29 is 14.6 Å². The van der Waals surface area contributed by atoms with Crippen molar-refractivity contribution in [1.82, 2.24) is 5.32 Å². The van der Waals surface area contributed by atoms with Gasteiger partial charge in [-0.1, -0.05) is 20.3 Å². The van der Waals surface area contributed by atoms with E-state index in [9.17, 15) is 9.90 Å². The molecule has 4 heteroatoms. The van der Waals surface area contributed by atoms with Crippen molar-refractivity contribution in [3.8, 4) is 0 Å². The molecule has 0 bridgehead atoms. The van der Waals surface area contributed by atoms with Crippen LogP contribution in [0.15, 0.2) is 0 Å². The molecule has 4 nitrogen and oxygen atoms in total. The van der Waals surface area contributed by atoms with Gasteiger partial charge < -0.3 is 15.2 Å². The lowest BCUT2D eigenvalue weighted by molar-refractivity contribution is -0.132. The second-order valence-electron chi connectivity index (χ2n) is 5.70. The number of amides is 1. The second kappa shape index (κ2) is 7.74. The molecule has 0 radical (unpaired) electrons. The van der Waals surface area contributed by atoms with E-state index in [0.29, 0.717) is 19.1 Å². The second-order valence-corrected chi connectivity index (χ2v) is 5.70. The van der Waals surface area contributed by atoms with Gasteiger partial charge in [-0.3, -0.25) is 4.79 Å². The first kappa shape index (κ1) is 15.4. The molecule has 0 aliphatic heterocycles. The van der Waals surface area contributed by atoms with E-state index in [2.05, 4.69) is 19.2 Å². The number of hydrogen-bond acceptors (Lipinski definition) is 3. The lowest BCUT2D eigenvalue weighted by Crippen LogP contribution is -2.39. The maximum absolute atomic E-state index is 11.8. The molecule has 0 aromatic rings. The highest BCUT2D eigenvalue weighted by molar-refractivity contribution is 5.80. The van der Waals surface area contributed by atoms with Gasteiger partial charge in [-0.15, -0.1) is 0 Å². The van der Waals surface area contributed by atoms with Crippen LogP contribution in [0.1, 0.15) is 46.5 Å². The molecule has 1 saturated carbocycles. The number of aliphatic hydroxyl groups excluding tert-OH is 1. The van der Waals surface area contributed by atoms with Crippen molar-refractivity contribution in [3.05, 3.63) is 0 Å². The van der Waals surface area contributed by atoms with Crippen LogP contribution in [0, 0.1) is 11.8 Å². The molecule has 0 aromatic heterocycles. The average molecular weight is 257 g/mol. The predicted molar refractivity (Wildman–Crippen MR) is 71.2 cm³/mol. The minimum Gasteiger partial charge on any atom is -0.393 e. The quantitative estimate of drug-likeness (QED) is 0.730. The van der Waals surface area contributed by atoms with Crippen LogP contribution in [0.3, 0.4) is 0 Å². The molecule has 2 N–H and O–H groups in total. The van der Waals surface area contributed by atoms with Gasteiger partial charge >= 0.3 is 0 Å². The van der Waals surface area contributed by atoms with E-state index in [4.69, 9.17) is 4.74 Å². The Morgan fingerprint density at radius 2 is 2.11 bits per heavy atom. The third-order valence-electron chi connectivity index (χ3n) is 3.59. The Bertz CT molecular complexity index is 255. The van der Waals surface area contributed by atoms with Gasteiger partial charge in [0.15, 0.2) is 0 Å². The van der Waals surface area contributed by atoms with E-state index in [-0.39, 0.29) is 17.9 Å². The number of rotatable bonds is 7. The Balaban J connectivity index is 2.15. The summed E-state index contributed by atoms with van der Waals surface area (Å²) >= 11 is 0. The van der Waals surface area contributed by atoms with E-state index in [1.165, 1.54) is 0 Å². The number of carbonyl (C=O) groups excluding carboxylic acids is 1. The standard InChI is InChI=1S/C14H27NO3/c1-10(2)7-8-18-11(3)14(17)15-9-12-5-4-6-13(12)16/h10-13,16H,4-9H2,1-3H3,(H,15,17). The van der Waals surface area contributed by atoms with Crippen molar-refractivity contribution in [3.63, 3.8) is 0 Å². The number of hydrogen-bond donors (Lipinski definition) is 2. The molecular formula is C14H27NO3. The lowest BCUT2D eigenvalue weighted by Gasteiger charge is -2.18. The van der Waals surface area contributed by atoms with Gasteiger partial charge in [-0.25, -0.2) is 0 Å². The van der Waals surface area contributed by atoms with Crippen LogP contribution in [0.5, 0.6) is 0 Å². The van der Waals surface area contributed by atoms with Crippen LogP contribution in [-0.2, 0) is 9.53 Å². The Labute approximate surface area is 110 Å². The zero-order chi connectivity index (χ0) is 13.5. The zero-order valence-electron chi connectivity index (χ0n) is 11.8. The summed E-state index contributed by atoms with van der Waals surface area (Å²) in [7, 11) is 0. The van der Waals surface area contributed by atoms with Gasteiger partial charge in [0.2, 0.25) is 5.91 Å². The number of aliphatic hydroxyl groups is 1. The van der Waals surface area contributed by atoms with Crippen molar-refractivity contribution in [1.29, 1.82) is 0 Å². The highest BCUT2D eigenvalue weighted by Crippen LogP contribution is 2.24. The smallest absolute Gasteiger partial charge is 0.248 e. The van der Waals surface area contributed by atoms with Gasteiger partial charge in [-0.2, -0.15) is 0 Å². The predicted octanol–water partition coefficient (Wildman–Crippen LogP) is 1.71. The molecule has 1 aliphatic carbocycles. The summed E-state index contributed by atoms with van der Waals surface area (Å²) in [5.74, 6) is 0.739. The van der Waals surface area contributed by atoms with Gasteiger partial charge in [-0.05, 0) is 32.1 Å². The van der Waals surface area contributed by atoms with E-state index in [0.717, 1.165) is 25.7 Å².